The van der Waals surface area contributed by atoms with Gasteiger partial charge >= 0.3 is 0 Å². The Morgan fingerprint density at radius 1 is 1.26 bits per heavy atom. The largest absolute Gasteiger partial charge is 0.510 e. The van der Waals surface area contributed by atoms with Gasteiger partial charge in [0.25, 0.3) is 0 Å². The van der Waals surface area contributed by atoms with Gasteiger partial charge in [0.1, 0.15) is 23.2 Å². The van der Waals surface area contributed by atoms with Gasteiger partial charge in [0.05, 0.1) is 30.3 Å². The first-order valence-corrected chi connectivity index (χ1v) is 8.87. The molecule has 0 fully saturated rings. The Morgan fingerprint density at radius 2 is 2.04 bits per heavy atom. The van der Waals surface area contributed by atoms with Crippen molar-refractivity contribution in [2.24, 2.45) is 7.05 Å². The SMILES string of the molecule is COc1ccc2c(c1)nc(C1=C(O)CN(Cc3ccccc3Cl)C1=N)n2C. The molecule has 0 amide bonds. The van der Waals surface area contributed by atoms with Gasteiger partial charge < -0.3 is 19.3 Å². The number of aromatic nitrogens is 2. The molecule has 4 rings (SSSR count). The first kappa shape index (κ1) is 17.4. The molecule has 0 bridgehead atoms. The lowest BCUT2D eigenvalue weighted by Crippen LogP contribution is -2.26. The maximum Gasteiger partial charge on any atom is 0.148 e. The smallest absolute Gasteiger partial charge is 0.148 e. The van der Waals surface area contributed by atoms with Crippen LogP contribution in [0.15, 0.2) is 48.2 Å². The monoisotopic (exact) mass is 382 g/mol. The van der Waals surface area contributed by atoms with Gasteiger partial charge in [-0.25, -0.2) is 4.98 Å². The van der Waals surface area contributed by atoms with E-state index in [4.69, 9.17) is 21.7 Å². The van der Waals surface area contributed by atoms with E-state index in [1.54, 1.807) is 12.0 Å². The molecule has 2 heterocycles. The number of fused-ring (bicyclic) bond motifs is 1. The van der Waals surface area contributed by atoms with Crippen LogP contribution in [-0.4, -0.2) is 39.0 Å². The van der Waals surface area contributed by atoms with E-state index in [9.17, 15) is 5.11 Å². The molecule has 0 unspecified atom stereocenters. The number of aryl methyl sites for hydroxylation is 1. The van der Waals surface area contributed by atoms with Crippen molar-refractivity contribution in [2.75, 3.05) is 13.7 Å². The molecule has 27 heavy (non-hydrogen) atoms. The molecule has 7 heteroatoms. The average molecular weight is 383 g/mol. The molecular formula is C20H19ClN4O2. The van der Waals surface area contributed by atoms with Crippen LogP contribution in [0.5, 0.6) is 5.75 Å². The van der Waals surface area contributed by atoms with Crippen LogP contribution in [0.2, 0.25) is 5.02 Å². The Morgan fingerprint density at radius 3 is 2.78 bits per heavy atom. The first-order chi connectivity index (χ1) is 13.0. The molecule has 0 atom stereocenters. The number of imidazole rings is 1. The molecule has 0 aliphatic carbocycles. The highest BCUT2D eigenvalue weighted by molar-refractivity contribution is 6.31. The highest BCUT2D eigenvalue weighted by atomic mass is 35.5. The minimum atomic E-state index is 0.137. The molecule has 1 aromatic heterocycles. The molecule has 3 aromatic rings. The van der Waals surface area contributed by atoms with Crippen molar-refractivity contribution in [3.8, 4) is 5.75 Å². The van der Waals surface area contributed by atoms with Crippen LogP contribution >= 0.6 is 11.6 Å². The van der Waals surface area contributed by atoms with E-state index in [-0.39, 0.29) is 18.1 Å². The van der Waals surface area contributed by atoms with Gasteiger partial charge in [0, 0.05) is 24.7 Å². The van der Waals surface area contributed by atoms with Gasteiger partial charge in [0.2, 0.25) is 0 Å². The van der Waals surface area contributed by atoms with Crippen molar-refractivity contribution >= 4 is 34.0 Å². The van der Waals surface area contributed by atoms with Gasteiger partial charge in [0.15, 0.2) is 0 Å². The van der Waals surface area contributed by atoms with Gasteiger partial charge in [-0.05, 0) is 23.8 Å². The average Bonchev–Trinajstić information content (AvgIpc) is 3.12. The van der Waals surface area contributed by atoms with Crippen LogP contribution in [0.3, 0.4) is 0 Å². The maximum absolute atomic E-state index is 10.6. The molecule has 0 radical (unpaired) electrons. The van der Waals surface area contributed by atoms with E-state index < -0.39 is 0 Å². The summed E-state index contributed by atoms with van der Waals surface area (Å²) in [5, 5.41) is 19.8. The number of nitrogens with one attached hydrogen (secondary N) is 1. The number of hydrogen-bond acceptors (Lipinski definition) is 4. The zero-order valence-electron chi connectivity index (χ0n) is 15.0. The summed E-state index contributed by atoms with van der Waals surface area (Å²) in [6, 6.07) is 13.2. The molecule has 1 aliphatic rings. The quantitative estimate of drug-likeness (QED) is 0.715. The van der Waals surface area contributed by atoms with Crippen molar-refractivity contribution in [2.45, 2.75) is 6.54 Å². The Bertz CT molecular complexity index is 1090. The molecule has 2 N–H and O–H groups in total. The van der Waals surface area contributed by atoms with Crippen LogP contribution in [0, 0.1) is 5.41 Å². The normalized spacial score (nSPS) is 14.5. The summed E-state index contributed by atoms with van der Waals surface area (Å²) in [6.45, 7) is 0.704. The molecule has 138 valence electrons. The summed E-state index contributed by atoms with van der Waals surface area (Å²) in [7, 11) is 3.49. The summed E-state index contributed by atoms with van der Waals surface area (Å²) in [5.74, 6) is 1.64. The maximum atomic E-state index is 10.6. The number of halogens is 1. The molecule has 0 saturated carbocycles. The molecule has 0 spiro atoms. The van der Waals surface area contributed by atoms with Crippen LogP contribution in [-0.2, 0) is 13.6 Å². The van der Waals surface area contributed by atoms with Gasteiger partial charge in [-0.1, -0.05) is 29.8 Å². The molecular weight excluding hydrogens is 364 g/mol. The van der Waals surface area contributed by atoms with Gasteiger partial charge in [-0.15, -0.1) is 0 Å². The van der Waals surface area contributed by atoms with Gasteiger partial charge in [-0.2, -0.15) is 0 Å². The second-order valence-electron chi connectivity index (χ2n) is 6.47. The van der Waals surface area contributed by atoms with E-state index in [0.29, 0.717) is 28.7 Å². The van der Waals surface area contributed by atoms with Crippen LogP contribution in [0.25, 0.3) is 16.6 Å². The Balaban J connectivity index is 1.69. The highest BCUT2D eigenvalue weighted by Crippen LogP contribution is 2.31. The lowest BCUT2D eigenvalue weighted by Gasteiger charge is -2.19. The fourth-order valence-corrected chi connectivity index (χ4v) is 3.56. The molecule has 2 aromatic carbocycles. The third-order valence-corrected chi connectivity index (χ3v) is 5.18. The Hall–Kier alpha value is -2.99. The van der Waals surface area contributed by atoms with Crippen molar-refractivity contribution < 1.29 is 9.84 Å². The highest BCUT2D eigenvalue weighted by Gasteiger charge is 2.31. The van der Waals surface area contributed by atoms with E-state index in [0.717, 1.165) is 16.6 Å². The minimum absolute atomic E-state index is 0.137. The number of amidine groups is 1. The number of nitrogens with zero attached hydrogens (tertiary/aromatic N) is 3. The fraction of sp³-hybridized carbons (Fsp3) is 0.200. The number of rotatable bonds is 4. The number of aliphatic hydroxyl groups excluding tert-OH is 1. The van der Waals surface area contributed by atoms with E-state index in [2.05, 4.69) is 4.98 Å². The number of benzene rings is 2. The summed E-state index contributed by atoms with van der Waals surface area (Å²) >= 11 is 6.25. The number of ether oxygens (including phenoxy) is 1. The van der Waals surface area contributed by atoms with Crippen molar-refractivity contribution in [3.63, 3.8) is 0 Å². The van der Waals surface area contributed by atoms with E-state index in [1.165, 1.54) is 0 Å². The minimum Gasteiger partial charge on any atom is -0.510 e. The zero-order chi connectivity index (χ0) is 19.1. The fourth-order valence-electron chi connectivity index (χ4n) is 3.37. The third-order valence-electron chi connectivity index (χ3n) is 4.81. The molecule has 1 aliphatic heterocycles. The second kappa shape index (κ2) is 6.63. The molecule has 6 nitrogen and oxygen atoms in total. The van der Waals surface area contributed by atoms with Gasteiger partial charge in [-0.3, -0.25) is 5.41 Å². The van der Waals surface area contributed by atoms with E-state index >= 15 is 0 Å². The van der Waals surface area contributed by atoms with Crippen molar-refractivity contribution in [1.29, 1.82) is 5.41 Å². The summed E-state index contributed by atoms with van der Waals surface area (Å²) < 4.78 is 7.14. The third kappa shape index (κ3) is 2.92. The molecule has 0 saturated heterocycles. The summed E-state index contributed by atoms with van der Waals surface area (Å²) in [6.07, 6.45) is 0. The van der Waals surface area contributed by atoms with Crippen molar-refractivity contribution in [1.82, 2.24) is 14.5 Å². The first-order valence-electron chi connectivity index (χ1n) is 8.50. The predicted molar refractivity (Wildman–Crippen MR) is 106 cm³/mol. The number of methoxy groups -OCH3 is 1. The van der Waals surface area contributed by atoms with Crippen LogP contribution in [0.4, 0.5) is 0 Å². The zero-order valence-corrected chi connectivity index (χ0v) is 15.8. The topological polar surface area (TPSA) is 74.4 Å². The number of hydrogen-bond donors (Lipinski definition) is 2. The van der Waals surface area contributed by atoms with Crippen LogP contribution < -0.4 is 4.74 Å². The van der Waals surface area contributed by atoms with E-state index in [1.807, 2.05) is 54.1 Å². The Labute approximate surface area is 161 Å². The summed E-state index contributed by atoms with van der Waals surface area (Å²) in [5.41, 5.74) is 3.01. The summed E-state index contributed by atoms with van der Waals surface area (Å²) in [4.78, 5) is 6.42. The van der Waals surface area contributed by atoms with Crippen molar-refractivity contribution in [3.05, 3.63) is 64.6 Å². The second-order valence-corrected chi connectivity index (χ2v) is 6.87. The lowest BCUT2D eigenvalue weighted by atomic mass is 10.2. The number of aliphatic hydroxyl groups is 1. The standard InChI is InChI=1S/C20H19ClN4O2/c1-24-16-8-7-13(27-2)9-15(16)23-20(24)18-17(26)11-25(19(18)22)10-12-5-3-4-6-14(12)21/h3-9,22,26H,10-11H2,1-2H3. The Kier molecular flexibility index (Phi) is 4.28. The van der Waals surface area contributed by atoms with Crippen LogP contribution in [0.1, 0.15) is 11.4 Å². The predicted octanol–water partition coefficient (Wildman–Crippen LogP) is 4.00. The lowest BCUT2D eigenvalue weighted by molar-refractivity contribution is 0.347.